The minimum Gasteiger partial charge on any atom is -0.726 e. The lowest BCUT2D eigenvalue weighted by molar-refractivity contribution is -0.279. The van der Waals surface area contributed by atoms with E-state index in [4.69, 9.17) is 14.6 Å². The van der Waals surface area contributed by atoms with Crippen molar-refractivity contribution in [3.05, 3.63) is 0 Å². The summed E-state index contributed by atoms with van der Waals surface area (Å²) in [5, 5.41) is 43.4. The van der Waals surface area contributed by atoms with Crippen molar-refractivity contribution in [3.63, 3.8) is 0 Å². The van der Waals surface area contributed by atoms with Gasteiger partial charge in [0, 0.05) is 13.3 Å². The van der Waals surface area contributed by atoms with Crippen molar-refractivity contribution in [2.45, 2.75) is 62.2 Å². The van der Waals surface area contributed by atoms with Crippen LogP contribution in [0.2, 0.25) is 0 Å². The van der Waals surface area contributed by atoms with Gasteiger partial charge in [0.05, 0.1) is 25.4 Å². The molecule has 0 aromatic rings. The third kappa shape index (κ3) is 6.03. The third-order valence-electron chi connectivity index (χ3n) is 4.59. The first-order chi connectivity index (χ1) is 13.5. The summed E-state index contributed by atoms with van der Waals surface area (Å²) in [5.41, 5.74) is 0. The number of carboxylic acid groups (broad SMARTS) is 1. The number of carbonyl (C=O) groups excluding carboxylic acids is 1. The van der Waals surface area contributed by atoms with Crippen molar-refractivity contribution in [2.75, 3.05) is 13.2 Å². The van der Waals surface area contributed by atoms with Crippen molar-refractivity contribution in [1.82, 2.24) is 10.6 Å². The van der Waals surface area contributed by atoms with Gasteiger partial charge in [-0.2, -0.15) is 0 Å². The standard InChI is InChI=1S/C14H24N2O12S/c1-5(19)15-10-11(20)12(28-29(23,24)25)9(4-18)27-14(10)26-8-2-6(13(21)22)16-7(8)3-17/h6-12,14,16-18,20H,2-4H2,1H3,(H,15,19)(H,21,22)(H,23,24,25)/p-1/t6-,7+,8-,9+,10+,11+,12+,14+/m0/s1. The van der Waals surface area contributed by atoms with Crippen LogP contribution in [0, 0.1) is 0 Å². The molecule has 2 aliphatic rings. The maximum atomic E-state index is 11.5. The summed E-state index contributed by atoms with van der Waals surface area (Å²) < 4.78 is 48.1. The van der Waals surface area contributed by atoms with E-state index >= 15 is 0 Å². The molecule has 0 radical (unpaired) electrons. The van der Waals surface area contributed by atoms with Gasteiger partial charge < -0.3 is 39.8 Å². The molecule has 8 atom stereocenters. The van der Waals surface area contributed by atoms with Crippen molar-refractivity contribution in [3.8, 4) is 0 Å². The molecule has 0 spiro atoms. The number of aliphatic hydroxyl groups is 3. The van der Waals surface area contributed by atoms with Crippen LogP contribution >= 0.6 is 0 Å². The molecule has 2 fully saturated rings. The molecule has 1 amide bonds. The number of carboxylic acids is 1. The highest BCUT2D eigenvalue weighted by molar-refractivity contribution is 7.80. The van der Waals surface area contributed by atoms with E-state index in [1.165, 1.54) is 0 Å². The Morgan fingerprint density at radius 1 is 1.31 bits per heavy atom. The SMILES string of the molecule is CC(=O)N[C@H]1[C@H](O[C@H]2C[C@@H](C(=O)O)N[C@@H]2CO)O[C@H](CO)[C@@H](OS(=O)(=O)[O-])[C@@H]1O. The maximum Gasteiger partial charge on any atom is 0.320 e. The van der Waals surface area contributed by atoms with Gasteiger partial charge in [-0.25, -0.2) is 8.42 Å². The Labute approximate surface area is 165 Å². The Morgan fingerprint density at radius 2 is 1.97 bits per heavy atom. The molecule has 2 aliphatic heterocycles. The van der Waals surface area contributed by atoms with Crippen LogP contribution in [0.3, 0.4) is 0 Å². The summed E-state index contributed by atoms with van der Waals surface area (Å²) in [7, 11) is -5.28. The van der Waals surface area contributed by atoms with Crippen LogP contribution in [-0.4, -0.2) is 107 Å². The first-order valence-electron chi connectivity index (χ1n) is 8.57. The zero-order valence-electron chi connectivity index (χ0n) is 15.2. The molecule has 0 aromatic carbocycles. The van der Waals surface area contributed by atoms with Gasteiger partial charge in [0.25, 0.3) is 0 Å². The van der Waals surface area contributed by atoms with Crippen molar-refractivity contribution in [2.24, 2.45) is 0 Å². The monoisotopic (exact) mass is 443 g/mol. The summed E-state index contributed by atoms with van der Waals surface area (Å²) in [6.45, 7) is -0.262. The van der Waals surface area contributed by atoms with Crippen LogP contribution in [0.15, 0.2) is 0 Å². The van der Waals surface area contributed by atoms with E-state index in [2.05, 4.69) is 14.8 Å². The lowest BCUT2D eigenvalue weighted by atomic mass is 9.96. The third-order valence-corrected chi connectivity index (χ3v) is 5.05. The highest BCUT2D eigenvalue weighted by Gasteiger charge is 2.50. The Hall–Kier alpha value is -1.43. The summed E-state index contributed by atoms with van der Waals surface area (Å²) in [5.74, 6) is -1.84. The summed E-state index contributed by atoms with van der Waals surface area (Å²) >= 11 is 0. The fourth-order valence-electron chi connectivity index (χ4n) is 3.32. The zero-order valence-corrected chi connectivity index (χ0v) is 16.0. The molecular formula is C14H23N2O12S-. The average molecular weight is 443 g/mol. The van der Waals surface area contributed by atoms with Crippen LogP contribution < -0.4 is 10.6 Å². The van der Waals surface area contributed by atoms with Crippen molar-refractivity contribution < 1.29 is 56.6 Å². The minimum atomic E-state index is -5.28. The summed E-state index contributed by atoms with van der Waals surface area (Å²) in [6.07, 6.45) is -7.66. The molecule has 2 saturated heterocycles. The normalized spacial score (nSPS) is 38.0. The van der Waals surface area contributed by atoms with Crippen molar-refractivity contribution >= 4 is 22.3 Å². The molecule has 14 nitrogen and oxygen atoms in total. The molecule has 168 valence electrons. The second kappa shape index (κ2) is 9.59. The van der Waals surface area contributed by atoms with Gasteiger partial charge in [0.15, 0.2) is 6.29 Å². The topological polar surface area (TPSA) is 224 Å². The summed E-state index contributed by atoms with van der Waals surface area (Å²) in [6, 6.07) is -3.26. The Bertz CT molecular complexity index is 703. The second-order valence-electron chi connectivity index (χ2n) is 6.67. The molecule has 0 aliphatic carbocycles. The number of aliphatic hydroxyl groups excluding tert-OH is 3. The van der Waals surface area contributed by atoms with E-state index in [-0.39, 0.29) is 6.42 Å². The fourth-order valence-corrected chi connectivity index (χ4v) is 3.83. The largest absolute Gasteiger partial charge is 0.726 e. The number of aliphatic carboxylic acids is 1. The van der Waals surface area contributed by atoms with E-state index in [0.29, 0.717) is 0 Å². The number of ether oxygens (including phenoxy) is 2. The molecule has 0 unspecified atom stereocenters. The van der Waals surface area contributed by atoms with E-state index in [1.54, 1.807) is 0 Å². The first kappa shape index (κ1) is 23.8. The minimum absolute atomic E-state index is 0.0814. The number of amides is 1. The van der Waals surface area contributed by atoms with E-state index < -0.39 is 84.3 Å². The fraction of sp³-hybridized carbons (Fsp3) is 0.857. The van der Waals surface area contributed by atoms with E-state index in [0.717, 1.165) is 6.92 Å². The van der Waals surface area contributed by atoms with E-state index in [9.17, 15) is 37.9 Å². The number of hydrogen-bond donors (Lipinski definition) is 6. The lowest BCUT2D eigenvalue weighted by Gasteiger charge is -2.44. The molecule has 2 rings (SSSR count). The first-order valence-corrected chi connectivity index (χ1v) is 9.91. The molecule has 0 bridgehead atoms. The number of rotatable bonds is 8. The molecular weight excluding hydrogens is 420 g/mol. The lowest BCUT2D eigenvalue weighted by Crippen LogP contribution is -2.66. The zero-order chi connectivity index (χ0) is 21.9. The smallest absolute Gasteiger partial charge is 0.320 e. The molecule has 15 heteroatoms. The number of hydrogen-bond acceptors (Lipinski definition) is 12. The number of carbonyl (C=O) groups is 2. The van der Waals surface area contributed by atoms with Gasteiger partial charge >= 0.3 is 5.97 Å². The predicted molar refractivity (Wildman–Crippen MR) is 88.9 cm³/mol. The molecule has 0 saturated carbocycles. The van der Waals surface area contributed by atoms with Crippen LogP contribution in [0.1, 0.15) is 13.3 Å². The van der Waals surface area contributed by atoms with Crippen LogP contribution in [0.5, 0.6) is 0 Å². The quantitative estimate of drug-likeness (QED) is 0.154. The predicted octanol–water partition coefficient (Wildman–Crippen LogP) is -4.39. The van der Waals surface area contributed by atoms with Gasteiger partial charge in [-0.3, -0.25) is 19.1 Å². The van der Waals surface area contributed by atoms with Gasteiger partial charge in [0.1, 0.15) is 30.4 Å². The van der Waals surface area contributed by atoms with E-state index in [1.807, 2.05) is 0 Å². The highest BCUT2D eigenvalue weighted by atomic mass is 32.3. The highest BCUT2D eigenvalue weighted by Crippen LogP contribution is 2.29. The van der Waals surface area contributed by atoms with Crippen LogP contribution in [0.4, 0.5) is 0 Å². The molecule has 6 N–H and O–H groups in total. The van der Waals surface area contributed by atoms with Gasteiger partial charge in [-0.15, -0.1) is 0 Å². The Kier molecular flexibility index (Phi) is 7.88. The Balaban J connectivity index is 2.24. The average Bonchev–Trinajstić information content (AvgIpc) is 3.02. The second-order valence-corrected chi connectivity index (χ2v) is 7.68. The van der Waals surface area contributed by atoms with Gasteiger partial charge in [-0.05, 0) is 0 Å². The van der Waals surface area contributed by atoms with Crippen molar-refractivity contribution in [1.29, 1.82) is 0 Å². The summed E-state index contributed by atoms with van der Waals surface area (Å²) in [4.78, 5) is 22.7. The molecule has 2 heterocycles. The maximum absolute atomic E-state index is 11.5. The number of nitrogens with one attached hydrogen (secondary N) is 2. The van der Waals surface area contributed by atoms with Gasteiger partial charge in [-0.1, -0.05) is 0 Å². The molecule has 29 heavy (non-hydrogen) atoms. The molecule has 0 aromatic heterocycles. The van der Waals surface area contributed by atoms with Gasteiger partial charge in [0.2, 0.25) is 16.3 Å². The van der Waals surface area contributed by atoms with Crippen LogP contribution in [0.25, 0.3) is 0 Å². The van der Waals surface area contributed by atoms with Crippen LogP contribution in [-0.2, 0) is 33.6 Å². The Morgan fingerprint density at radius 3 is 2.45 bits per heavy atom.